The Morgan fingerprint density at radius 1 is 1.20 bits per heavy atom. The van der Waals surface area contributed by atoms with E-state index in [1.165, 1.54) is 12.1 Å². The SMILES string of the molecule is Cc1ccc(F)c(-c2cccc(=O)[nH]2)c1. The average Bonchev–Trinajstić information content (AvgIpc) is 2.22. The van der Waals surface area contributed by atoms with E-state index in [0.29, 0.717) is 11.3 Å². The molecule has 3 heteroatoms. The standard InChI is InChI=1S/C12H10FNO/c1-8-5-6-10(13)9(7-8)11-3-2-4-12(15)14-11/h2-7H,1H3,(H,14,15). The van der Waals surface area contributed by atoms with Crippen LogP contribution in [0.2, 0.25) is 0 Å². The molecule has 0 fully saturated rings. The Morgan fingerprint density at radius 2 is 2.00 bits per heavy atom. The van der Waals surface area contributed by atoms with Gasteiger partial charge in [-0.15, -0.1) is 0 Å². The first-order chi connectivity index (χ1) is 7.16. The van der Waals surface area contributed by atoms with Crippen LogP contribution in [0.1, 0.15) is 5.56 Å². The highest BCUT2D eigenvalue weighted by atomic mass is 19.1. The van der Waals surface area contributed by atoms with Gasteiger partial charge in [0.05, 0.1) is 5.69 Å². The van der Waals surface area contributed by atoms with Crippen molar-refractivity contribution in [3.8, 4) is 11.3 Å². The minimum Gasteiger partial charge on any atom is -0.322 e. The molecule has 0 bridgehead atoms. The van der Waals surface area contributed by atoms with Crippen molar-refractivity contribution in [2.45, 2.75) is 6.92 Å². The number of rotatable bonds is 1. The van der Waals surface area contributed by atoms with E-state index >= 15 is 0 Å². The summed E-state index contributed by atoms with van der Waals surface area (Å²) in [4.78, 5) is 13.7. The molecule has 0 aliphatic carbocycles. The van der Waals surface area contributed by atoms with Gasteiger partial charge in [0.2, 0.25) is 5.56 Å². The lowest BCUT2D eigenvalue weighted by atomic mass is 10.1. The Kier molecular flexibility index (Phi) is 2.37. The molecule has 2 rings (SSSR count). The summed E-state index contributed by atoms with van der Waals surface area (Å²) in [5.41, 5.74) is 1.65. The third kappa shape index (κ3) is 1.96. The monoisotopic (exact) mass is 203 g/mol. The van der Waals surface area contributed by atoms with Crippen molar-refractivity contribution in [2.75, 3.05) is 0 Å². The summed E-state index contributed by atoms with van der Waals surface area (Å²) >= 11 is 0. The first-order valence-corrected chi connectivity index (χ1v) is 4.63. The molecule has 0 unspecified atom stereocenters. The second kappa shape index (κ2) is 3.69. The molecule has 0 radical (unpaired) electrons. The van der Waals surface area contributed by atoms with Gasteiger partial charge in [-0.1, -0.05) is 17.7 Å². The third-order valence-corrected chi connectivity index (χ3v) is 2.18. The molecule has 15 heavy (non-hydrogen) atoms. The van der Waals surface area contributed by atoms with Crippen molar-refractivity contribution in [3.63, 3.8) is 0 Å². The van der Waals surface area contributed by atoms with Crippen LogP contribution in [0.15, 0.2) is 41.2 Å². The third-order valence-electron chi connectivity index (χ3n) is 2.18. The van der Waals surface area contributed by atoms with E-state index in [0.717, 1.165) is 5.56 Å². The number of hydrogen-bond acceptors (Lipinski definition) is 1. The van der Waals surface area contributed by atoms with Crippen molar-refractivity contribution in [1.82, 2.24) is 4.98 Å². The summed E-state index contributed by atoms with van der Waals surface area (Å²) in [6.45, 7) is 1.88. The summed E-state index contributed by atoms with van der Waals surface area (Å²) in [5.74, 6) is -0.331. The molecular formula is C12H10FNO. The minimum atomic E-state index is -0.331. The van der Waals surface area contributed by atoms with Crippen LogP contribution in [0, 0.1) is 12.7 Å². The molecule has 1 heterocycles. The number of aryl methyl sites for hydroxylation is 1. The van der Waals surface area contributed by atoms with Gasteiger partial charge >= 0.3 is 0 Å². The van der Waals surface area contributed by atoms with Gasteiger partial charge < -0.3 is 4.98 Å². The summed E-state index contributed by atoms with van der Waals surface area (Å²) in [6, 6.07) is 9.49. The zero-order chi connectivity index (χ0) is 10.8. The maximum absolute atomic E-state index is 13.5. The molecule has 1 N–H and O–H groups in total. The summed E-state index contributed by atoms with van der Waals surface area (Å²) in [7, 11) is 0. The maximum atomic E-state index is 13.5. The number of benzene rings is 1. The zero-order valence-corrected chi connectivity index (χ0v) is 8.25. The van der Waals surface area contributed by atoms with Crippen LogP contribution in [0.5, 0.6) is 0 Å². The van der Waals surface area contributed by atoms with Crippen LogP contribution in [0.3, 0.4) is 0 Å². The quantitative estimate of drug-likeness (QED) is 0.758. The van der Waals surface area contributed by atoms with E-state index in [-0.39, 0.29) is 11.4 Å². The fraction of sp³-hybridized carbons (Fsp3) is 0.0833. The van der Waals surface area contributed by atoms with Crippen molar-refractivity contribution < 1.29 is 4.39 Å². The molecule has 2 nitrogen and oxygen atoms in total. The van der Waals surface area contributed by atoms with Crippen LogP contribution in [-0.2, 0) is 0 Å². The van der Waals surface area contributed by atoms with Gasteiger partial charge in [0.1, 0.15) is 5.82 Å². The van der Waals surface area contributed by atoms with Gasteiger partial charge in [-0.05, 0) is 25.1 Å². The number of aromatic amines is 1. The van der Waals surface area contributed by atoms with Gasteiger partial charge in [-0.25, -0.2) is 4.39 Å². The molecular weight excluding hydrogens is 193 g/mol. The fourth-order valence-electron chi connectivity index (χ4n) is 1.45. The fourth-order valence-corrected chi connectivity index (χ4v) is 1.45. The highest BCUT2D eigenvalue weighted by molar-refractivity contribution is 5.60. The number of H-pyrrole nitrogens is 1. The first-order valence-electron chi connectivity index (χ1n) is 4.63. The van der Waals surface area contributed by atoms with E-state index in [9.17, 15) is 9.18 Å². The van der Waals surface area contributed by atoms with E-state index < -0.39 is 0 Å². The Morgan fingerprint density at radius 3 is 2.73 bits per heavy atom. The van der Waals surface area contributed by atoms with Gasteiger partial charge in [-0.3, -0.25) is 4.79 Å². The van der Waals surface area contributed by atoms with E-state index in [1.807, 2.05) is 6.92 Å². The first kappa shape index (κ1) is 9.65. The second-order valence-corrected chi connectivity index (χ2v) is 3.41. The number of pyridine rings is 1. The molecule has 1 aromatic heterocycles. The maximum Gasteiger partial charge on any atom is 0.248 e. The van der Waals surface area contributed by atoms with Crippen LogP contribution in [0.25, 0.3) is 11.3 Å². The molecule has 76 valence electrons. The zero-order valence-electron chi connectivity index (χ0n) is 8.25. The Labute approximate surface area is 86.4 Å². The van der Waals surface area contributed by atoms with Crippen molar-refractivity contribution in [1.29, 1.82) is 0 Å². The summed E-state index contributed by atoms with van der Waals surface area (Å²) < 4.78 is 13.5. The molecule has 0 saturated heterocycles. The lowest BCUT2D eigenvalue weighted by Crippen LogP contribution is -2.04. The molecule has 0 saturated carbocycles. The van der Waals surface area contributed by atoms with Gasteiger partial charge in [-0.2, -0.15) is 0 Å². The van der Waals surface area contributed by atoms with Crippen LogP contribution < -0.4 is 5.56 Å². The normalized spacial score (nSPS) is 10.3. The number of nitrogens with one attached hydrogen (secondary N) is 1. The smallest absolute Gasteiger partial charge is 0.248 e. The average molecular weight is 203 g/mol. The van der Waals surface area contributed by atoms with Gasteiger partial charge in [0.25, 0.3) is 0 Å². The Balaban J connectivity index is 2.63. The topological polar surface area (TPSA) is 32.9 Å². The molecule has 0 spiro atoms. The second-order valence-electron chi connectivity index (χ2n) is 3.41. The van der Waals surface area contributed by atoms with Gasteiger partial charge in [0, 0.05) is 11.6 Å². The summed E-state index contributed by atoms with van der Waals surface area (Å²) in [5, 5.41) is 0. The van der Waals surface area contributed by atoms with Crippen molar-refractivity contribution in [2.24, 2.45) is 0 Å². The molecule has 1 aromatic carbocycles. The molecule has 0 atom stereocenters. The number of aromatic nitrogens is 1. The Bertz CT molecular complexity index is 545. The van der Waals surface area contributed by atoms with Crippen LogP contribution >= 0.6 is 0 Å². The van der Waals surface area contributed by atoms with E-state index in [1.54, 1.807) is 24.3 Å². The van der Waals surface area contributed by atoms with E-state index in [2.05, 4.69) is 4.98 Å². The molecule has 0 amide bonds. The molecule has 0 aliphatic heterocycles. The van der Waals surface area contributed by atoms with Crippen LogP contribution in [0.4, 0.5) is 4.39 Å². The van der Waals surface area contributed by atoms with Crippen molar-refractivity contribution in [3.05, 3.63) is 58.1 Å². The predicted octanol–water partition coefficient (Wildman–Crippen LogP) is 2.49. The van der Waals surface area contributed by atoms with Crippen molar-refractivity contribution >= 4 is 0 Å². The Hall–Kier alpha value is -1.90. The van der Waals surface area contributed by atoms with Crippen LogP contribution in [-0.4, -0.2) is 4.98 Å². The van der Waals surface area contributed by atoms with E-state index in [4.69, 9.17) is 0 Å². The minimum absolute atomic E-state index is 0.228. The number of halogens is 1. The molecule has 2 aromatic rings. The predicted molar refractivity (Wildman–Crippen MR) is 57.2 cm³/mol. The number of hydrogen-bond donors (Lipinski definition) is 1. The summed E-state index contributed by atoms with van der Waals surface area (Å²) in [6.07, 6.45) is 0. The lowest BCUT2D eigenvalue weighted by molar-refractivity contribution is 0.630. The largest absolute Gasteiger partial charge is 0.322 e. The molecule has 0 aliphatic rings. The van der Waals surface area contributed by atoms with Gasteiger partial charge in [0.15, 0.2) is 0 Å². The highest BCUT2D eigenvalue weighted by Gasteiger charge is 2.05. The lowest BCUT2D eigenvalue weighted by Gasteiger charge is -2.03. The highest BCUT2D eigenvalue weighted by Crippen LogP contribution is 2.20.